The van der Waals surface area contributed by atoms with Crippen molar-refractivity contribution in [3.8, 4) is 71.0 Å². The molecule has 61 heavy (non-hydrogen) atoms. The molecule has 6 nitrogen and oxygen atoms in total. The molecule has 0 bridgehead atoms. The van der Waals surface area contributed by atoms with E-state index in [-0.39, 0.29) is 0 Å². The molecule has 4 unspecified atom stereocenters. The molecule has 0 saturated carbocycles. The predicted octanol–water partition coefficient (Wildman–Crippen LogP) is 8.89. The lowest BCUT2D eigenvalue weighted by Gasteiger charge is -2.27. The quantitative estimate of drug-likeness (QED) is 0.0641. The number of unbranched alkanes of at least 4 members (excludes halogenated alkanes) is 5. The number of benzene rings is 4. The molecule has 0 N–H and O–H groups in total. The second-order valence-electron chi connectivity index (χ2n) is 14.4. The summed E-state index contributed by atoms with van der Waals surface area (Å²) in [7, 11) is 7.68. The third-order valence-electron chi connectivity index (χ3n) is 10.6. The molecule has 0 fully saturated rings. The van der Waals surface area contributed by atoms with Gasteiger partial charge in [0.25, 0.3) is 5.78 Å². The maximum absolute atomic E-state index is 13.8. The SMILES string of the molecule is CCCCCCCCC1(OC)C#CC(OC)(c2ccccc2)C#CC(OC)(c2ccccc2)C#CC(=O)C#CC(OC)(c2ccccc2)C#CC(OC)(c2ccccc2)C#C1. The van der Waals surface area contributed by atoms with Gasteiger partial charge in [0.1, 0.15) is 0 Å². The fourth-order valence-corrected chi connectivity index (χ4v) is 6.84. The lowest BCUT2D eigenvalue weighted by atomic mass is 9.87. The number of hydrogen-bond donors (Lipinski definition) is 0. The predicted molar refractivity (Wildman–Crippen MR) is 240 cm³/mol. The Morgan fingerprint density at radius 1 is 0.377 bits per heavy atom. The first-order valence-corrected chi connectivity index (χ1v) is 20.5. The molecule has 1 aliphatic rings. The zero-order valence-electron chi connectivity index (χ0n) is 35.9. The van der Waals surface area contributed by atoms with Crippen molar-refractivity contribution in [3.05, 3.63) is 144 Å². The van der Waals surface area contributed by atoms with E-state index in [1.165, 1.54) is 20.6 Å². The zero-order valence-corrected chi connectivity index (χ0v) is 35.9. The monoisotopic (exact) mass is 808 g/mol. The highest BCUT2D eigenvalue weighted by Crippen LogP contribution is 2.32. The first kappa shape index (κ1) is 45.8. The second kappa shape index (κ2) is 21.8. The molecule has 0 amide bonds. The van der Waals surface area contributed by atoms with Crippen LogP contribution in [0, 0.1) is 71.0 Å². The molecule has 0 radical (unpaired) electrons. The maximum atomic E-state index is 13.8. The van der Waals surface area contributed by atoms with Gasteiger partial charge in [-0.15, -0.1) is 0 Å². The van der Waals surface area contributed by atoms with Gasteiger partial charge in [0.05, 0.1) is 0 Å². The summed E-state index contributed by atoms with van der Waals surface area (Å²) in [4.78, 5) is 13.8. The summed E-state index contributed by atoms with van der Waals surface area (Å²) < 4.78 is 31.3. The van der Waals surface area contributed by atoms with Crippen LogP contribution in [0.5, 0.6) is 0 Å². The van der Waals surface area contributed by atoms with E-state index in [9.17, 15) is 4.79 Å². The minimum Gasteiger partial charge on any atom is -0.354 e. The maximum Gasteiger partial charge on any atom is 0.279 e. The Hall–Kier alpha value is -6.29. The first-order chi connectivity index (χ1) is 29.7. The molecule has 0 saturated heterocycles. The van der Waals surface area contributed by atoms with Crippen LogP contribution < -0.4 is 0 Å². The largest absolute Gasteiger partial charge is 0.354 e. The van der Waals surface area contributed by atoms with Crippen LogP contribution in [0.25, 0.3) is 0 Å². The minimum atomic E-state index is -1.60. The van der Waals surface area contributed by atoms with Crippen LogP contribution in [0.2, 0.25) is 0 Å². The van der Waals surface area contributed by atoms with Crippen LogP contribution in [0.4, 0.5) is 0 Å². The van der Waals surface area contributed by atoms with Crippen LogP contribution in [-0.4, -0.2) is 46.9 Å². The lowest BCUT2D eigenvalue weighted by molar-refractivity contribution is -0.109. The Labute approximate surface area is 363 Å². The van der Waals surface area contributed by atoms with Crippen molar-refractivity contribution in [2.75, 3.05) is 35.5 Å². The third kappa shape index (κ3) is 11.1. The van der Waals surface area contributed by atoms with Crippen molar-refractivity contribution >= 4 is 5.78 Å². The summed E-state index contributed by atoms with van der Waals surface area (Å²) >= 11 is 0. The molecule has 5 rings (SSSR count). The Bertz CT molecular complexity index is 2300. The summed E-state index contributed by atoms with van der Waals surface area (Å²) in [6.45, 7) is 2.20. The molecule has 0 aromatic heterocycles. The summed E-state index contributed by atoms with van der Waals surface area (Å²) in [6.07, 6.45) is 6.76. The highest BCUT2D eigenvalue weighted by atomic mass is 16.5. The van der Waals surface area contributed by atoms with Crippen LogP contribution >= 0.6 is 0 Å². The smallest absolute Gasteiger partial charge is 0.279 e. The van der Waals surface area contributed by atoms with Gasteiger partial charge >= 0.3 is 0 Å². The normalized spacial score (nSPS) is 24.4. The van der Waals surface area contributed by atoms with Gasteiger partial charge in [0, 0.05) is 57.8 Å². The van der Waals surface area contributed by atoms with E-state index < -0.39 is 33.8 Å². The molecule has 0 spiro atoms. The van der Waals surface area contributed by atoms with Crippen molar-refractivity contribution in [2.24, 2.45) is 0 Å². The molecular formula is C55H52O6. The molecule has 6 heteroatoms. The summed E-state index contributed by atoms with van der Waals surface area (Å²) in [5.74, 6) is 37.6. The molecule has 0 heterocycles. The summed E-state index contributed by atoms with van der Waals surface area (Å²) in [5.41, 5.74) is -5.10. The van der Waals surface area contributed by atoms with Gasteiger partial charge in [-0.1, -0.05) is 172 Å². The van der Waals surface area contributed by atoms with E-state index in [0.29, 0.717) is 28.7 Å². The number of carbonyl (C=O) groups excluding carboxylic acids is 1. The van der Waals surface area contributed by atoms with Crippen molar-refractivity contribution in [1.29, 1.82) is 0 Å². The Balaban J connectivity index is 1.91. The molecule has 0 aliphatic heterocycles. The summed E-state index contributed by atoms with van der Waals surface area (Å²) in [5, 5.41) is 0. The van der Waals surface area contributed by atoms with Gasteiger partial charge in [-0.3, -0.25) is 4.79 Å². The van der Waals surface area contributed by atoms with Crippen LogP contribution in [0.3, 0.4) is 0 Å². The minimum absolute atomic E-state index is 0.469. The van der Waals surface area contributed by atoms with E-state index in [2.05, 4.69) is 78.0 Å². The fourth-order valence-electron chi connectivity index (χ4n) is 6.84. The Morgan fingerprint density at radius 3 is 0.984 bits per heavy atom. The number of Topliss-reactive ketones (excluding diaryl/α,β-unsaturated/α-hetero) is 1. The standard InChI is InChI=1S/C55H52O6/c1-7-8-9-10-11-24-35-51(57-2)38-40-54(60-5,48-29-20-14-21-30-48)44-42-52(58-3,46-25-16-12-17-26-46)36-33-50(56)34-37-53(59-4,47-27-18-13-19-28-47)43-45-55(61-6,41-39-51)49-31-22-15-23-32-49/h12-23,25-32H,7-11,24,35H2,1-6H3. The number of rotatable bonds is 16. The second-order valence-corrected chi connectivity index (χ2v) is 14.4. The van der Waals surface area contributed by atoms with Crippen molar-refractivity contribution in [3.63, 3.8) is 0 Å². The van der Waals surface area contributed by atoms with Gasteiger partial charge in [0.2, 0.25) is 22.4 Å². The van der Waals surface area contributed by atoms with Crippen molar-refractivity contribution in [1.82, 2.24) is 0 Å². The fraction of sp³-hybridized carbons (Fsp3) is 0.327. The number of ether oxygens (including phenoxy) is 5. The lowest BCUT2D eigenvalue weighted by Crippen LogP contribution is -2.33. The number of ketones is 1. The Kier molecular flexibility index (Phi) is 16.4. The van der Waals surface area contributed by atoms with Gasteiger partial charge in [-0.25, -0.2) is 0 Å². The molecule has 4 aromatic carbocycles. The number of carbonyl (C=O) groups is 1. The average Bonchev–Trinajstić information content (AvgIpc) is 3.33. The van der Waals surface area contributed by atoms with Gasteiger partial charge in [-0.05, 0) is 72.0 Å². The highest BCUT2D eigenvalue weighted by Gasteiger charge is 2.37. The van der Waals surface area contributed by atoms with Gasteiger partial charge in [0.15, 0.2) is 5.60 Å². The van der Waals surface area contributed by atoms with Gasteiger partial charge in [-0.2, -0.15) is 0 Å². The van der Waals surface area contributed by atoms with E-state index >= 15 is 0 Å². The van der Waals surface area contributed by atoms with E-state index in [4.69, 9.17) is 23.7 Å². The Morgan fingerprint density at radius 2 is 0.672 bits per heavy atom. The topological polar surface area (TPSA) is 63.2 Å². The highest BCUT2D eigenvalue weighted by molar-refractivity contribution is 6.09. The van der Waals surface area contributed by atoms with Crippen LogP contribution in [0.1, 0.15) is 74.1 Å². The van der Waals surface area contributed by atoms with Crippen molar-refractivity contribution < 1.29 is 28.5 Å². The molecule has 308 valence electrons. The number of hydrogen-bond acceptors (Lipinski definition) is 6. The first-order valence-electron chi connectivity index (χ1n) is 20.5. The van der Waals surface area contributed by atoms with Crippen LogP contribution in [-0.2, 0) is 50.9 Å². The number of methoxy groups -OCH3 is 5. The molecular weight excluding hydrogens is 757 g/mol. The van der Waals surface area contributed by atoms with Gasteiger partial charge < -0.3 is 23.7 Å². The van der Waals surface area contributed by atoms with E-state index in [1.54, 1.807) is 21.3 Å². The molecule has 1 aliphatic carbocycles. The molecule has 4 atom stereocenters. The zero-order chi connectivity index (χ0) is 43.5. The van der Waals surface area contributed by atoms with E-state index in [0.717, 1.165) is 32.1 Å². The average molecular weight is 809 g/mol. The molecule has 4 aromatic rings. The third-order valence-corrected chi connectivity index (χ3v) is 10.6. The van der Waals surface area contributed by atoms with E-state index in [1.807, 2.05) is 121 Å². The summed E-state index contributed by atoms with van der Waals surface area (Å²) in [6, 6.07) is 37.4. The van der Waals surface area contributed by atoms with Crippen molar-refractivity contribution in [2.45, 2.75) is 79.9 Å². The van der Waals surface area contributed by atoms with Crippen LogP contribution in [0.15, 0.2) is 121 Å².